The van der Waals surface area contributed by atoms with Gasteiger partial charge in [0.25, 0.3) is 0 Å². The minimum absolute atomic E-state index is 0.0728. The molecule has 5 aromatic rings. The smallest absolute Gasteiger partial charge is 0.336 e. The topological polar surface area (TPSA) is 121 Å². The number of aliphatic hydroxyl groups excluding tert-OH is 1. The zero-order chi connectivity index (χ0) is 29.9. The number of aromatic amines is 1. The van der Waals surface area contributed by atoms with Crippen molar-refractivity contribution in [1.82, 2.24) is 19.9 Å². The second kappa shape index (κ2) is 12.5. The quantitative estimate of drug-likeness (QED) is 0.154. The minimum atomic E-state index is -1.02. The van der Waals surface area contributed by atoms with Crippen molar-refractivity contribution in [2.75, 3.05) is 32.9 Å². The number of aromatic nitrogens is 3. The number of carboxylic acid groups (broad SMARTS) is 1. The number of nitrogens with zero attached hydrogens (tertiary/aromatic N) is 3. The molecule has 1 saturated heterocycles. The summed E-state index contributed by atoms with van der Waals surface area (Å²) in [5, 5.41) is 18.7. The average molecular weight is 599 g/mol. The van der Waals surface area contributed by atoms with E-state index < -0.39 is 5.97 Å². The molecule has 3 heterocycles. The Morgan fingerprint density at radius 1 is 1.00 bits per heavy atom. The van der Waals surface area contributed by atoms with Gasteiger partial charge in [-0.3, -0.25) is 4.90 Å². The number of likely N-dealkylation sites (tertiary alicyclic amines) is 1. The van der Waals surface area contributed by atoms with E-state index in [1.807, 2.05) is 12.1 Å². The van der Waals surface area contributed by atoms with Crippen LogP contribution in [-0.4, -0.2) is 68.9 Å². The molecule has 0 saturated carbocycles. The van der Waals surface area contributed by atoms with E-state index in [0.717, 1.165) is 36.3 Å². The Balaban J connectivity index is 1.11. The number of fused-ring (bicyclic) bond motifs is 1. The Morgan fingerprint density at radius 3 is 2.40 bits per heavy atom. The third kappa shape index (κ3) is 6.55. The summed E-state index contributed by atoms with van der Waals surface area (Å²) in [5.41, 5.74) is 6.80. The molecule has 3 aromatic carbocycles. The van der Waals surface area contributed by atoms with Crippen LogP contribution in [0.2, 0.25) is 5.02 Å². The van der Waals surface area contributed by atoms with E-state index in [0.29, 0.717) is 52.3 Å². The van der Waals surface area contributed by atoms with Gasteiger partial charge in [0.1, 0.15) is 5.75 Å². The first-order valence-electron chi connectivity index (χ1n) is 14.0. The molecular weight excluding hydrogens is 568 g/mol. The second-order valence-corrected chi connectivity index (χ2v) is 11.2. The summed E-state index contributed by atoms with van der Waals surface area (Å²) < 4.78 is 11.2. The van der Waals surface area contributed by atoms with Gasteiger partial charge in [-0.25, -0.2) is 9.78 Å². The summed E-state index contributed by atoms with van der Waals surface area (Å²) in [5.74, 6) is -0.122. The van der Waals surface area contributed by atoms with Crippen LogP contribution >= 0.6 is 11.6 Å². The average Bonchev–Trinajstić information content (AvgIpc) is 3.37. The Hall–Kier alpha value is -4.28. The molecule has 0 radical (unpaired) electrons. The summed E-state index contributed by atoms with van der Waals surface area (Å²) in [6.45, 7) is 5.87. The lowest BCUT2D eigenvalue weighted by atomic mass is 9.98. The number of aryl methyl sites for hydroxylation is 1. The normalized spacial score (nSPS) is 13.7. The number of hydrogen-bond acceptors (Lipinski definition) is 7. The van der Waals surface area contributed by atoms with Gasteiger partial charge in [-0.2, -0.15) is 4.98 Å². The van der Waals surface area contributed by atoms with Crippen LogP contribution < -0.4 is 4.74 Å². The van der Waals surface area contributed by atoms with E-state index in [4.69, 9.17) is 26.2 Å². The first kappa shape index (κ1) is 28.8. The van der Waals surface area contributed by atoms with Crippen molar-refractivity contribution < 1.29 is 24.5 Å². The molecule has 0 aliphatic carbocycles. The molecule has 6 rings (SSSR count). The molecule has 0 spiro atoms. The minimum Gasteiger partial charge on any atom is -0.478 e. The molecule has 3 N–H and O–H groups in total. The number of carboxylic acids is 1. The molecule has 1 fully saturated rings. The zero-order valence-corrected chi connectivity index (χ0v) is 24.3. The molecule has 9 nitrogen and oxygen atoms in total. The Labute approximate surface area is 253 Å². The predicted molar refractivity (Wildman–Crippen MR) is 165 cm³/mol. The molecule has 0 unspecified atom stereocenters. The second-order valence-electron chi connectivity index (χ2n) is 10.7. The Kier molecular flexibility index (Phi) is 8.40. The number of pyridine rings is 1. The van der Waals surface area contributed by atoms with Crippen molar-refractivity contribution in [3.8, 4) is 34.1 Å². The highest BCUT2D eigenvalue weighted by Crippen LogP contribution is 2.32. The Bertz CT molecular complexity index is 1750. The maximum Gasteiger partial charge on any atom is 0.336 e. The van der Waals surface area contributed by atoms with E-state index in [9.17, 15) is 9.90 Å². The number of carbonyl (C=O) groups is 1. The number of hydrogen-bond donors (Lipinski definition) is 3. The van der Waals surface area contributed by atoms with Gasteiger partial charge in [0.15, 0.2) is 5.65 Å². The molecule has 220 valence electrons. The van der Waals surface area contributed by atoms with Crippen LogP contribution in [0, 0.1) is 12.8 Å². The number of imidazole rings is 1. The summed E-state index contributed by atoms with van der Waals surface area (Å²) >= 11 is 6.62. The van der Waals surface area contributed by atoms with Crippen molar-refractivity contribution >= 4 is 28.7 Å². The fourth-order valence-electron chi connectivity index (χ4n) is 5.26. The summed E-state index contributed by atoms with van der Waals surface area (Å²) in [6.07, 6.45) is 0. The number of ether oxygens (including phenoxy) is 2. The lowest BCUT2D eigenvalue weighted by Gasteiger charge is -2.39. The fourth-order valence-corrected chi connectivity index (χ4v) is 5.52. The highest BCUT2D eigenvalue weighted by atomic mass is 35.5. The van der Waals surface area contributed by atoms with Crippen LogP contribution in [-0.2, 0) is 11.3 Å². The van der Waals surface area contributed by atoms with Crippen molar-refractivity contribution in [3.05, 3.63) is 94.5 Å². The van der Waals surface area contributed by atoms with Crippen molar-refractivity contribution in [1.29, 1.82) is 0 Å². The lowest BCUT2D eigenvalue weighted by molar-refractivity contribution is 0.000500. The molecule has 43 heavy (non-hydrogen) atoms. The molecule has 1 aliphatic rings. The van der Waals surface area contributed by atoms with Crippen molar-refractivity contribution in [3.63, 3.8) is 0 Å². The maximum atomic E-state index is 11.5. The number of benzene rings is 3. The van der Waals surface area contributed by atoms with Crippen LogP contribution in [0.5, 0.6) is 11.8 Å². The monoisotopic (exact) mass is 598 g/mol. The van der Waals surface area contributed by atoms with Gasteiger partial charge in [-0.15, -0.1) is 0 Å². The predicted octanol–water partition coefficient (Wildman–Crippen LogP) is 6.18. The summed E-state index contributed by atoms with van der Waals surface area (Å²) in [4.78, 5) is 26.0. The summed E-state index contributed by atoms with van der Waals surface area (Å²) in [7, 11) is 0. The molecule has 0 amide bonds. The Morgan fingerprint density at radius 2 is 1.70 bits per heavy atom. The zero-order valence-electron chi connectivity index (χ0n) is 23.6. The lowest BCUT2D eigenvalue weighted by Crippen LogP contribution is -2.48. The first-order valence-corrected chi connectivity index (χ1v) is 14.4. The van der Waals surface area contributed by atoms with E-state index in [1.165, 1.54) is 11.6 Å². The van der Waals surface area contributed by atoms with E-state index >= 15 is 0 Å². The third-order valence-corrected chi connectivity index (χ3v) is 7.82. The van der Waals surface area contributed by atoms with Crippen LogP contribution in [0.25, 0.3) is 33.5 Å². The van der Waals surface area contributed by atoms with Gasteiger partial charge >= 0.3 is 12.0 Å². The van der Waals surface area contributed by atoms with E-state index in [2.05, 4.69) is 56.3 Å². The van der Waals surface area contributed by atoms with Gasteiger partial charge in [-0.1, -0.05) is 66.2 Å². The van der Waals surface area contributed by atoms with Gasteiger partial charge < -0.3 is 24.7 Å². The molecule has 0 bridgehead atoms. The molecule has 2 aromatic heterocycles. The number of H-pyrrole nitrogens is 1. The molecule has 10 heteroatoms. The first-order chi connectivity index (χ1) is 20.9. The van der Waals surface area contributed by atoms with Gasteiger partial charge in [0.2, 0.25) is 0 Å². The van der Waals surface area contributed by atoms with E-state index in [1.54, 1.807) is 25.1 Å². The summed E-state index contributed by atoms with van der Waals surface area (Å²) in [6, 6.07) is 23.5. The van der Waals surface area contributed by atoms with Crippen LogP contribution in [0.4, 0.5) is 0 Å². The molecule has 1 aliphatic heterocycles. The number of aliphatic hydroxyl groups is 1. The number of aromatic carboxylic acids is 1. The fraction of sp³-hybridized carbons (Fsp3) is 0.242. The van der Waals surface area contributed by atoms with Gasteiger partial charge in [-0.05, 0) is 47.4 Å². The van der Waals surface area contributed by atoms with Gasteiger partial charge in [0, 0.05) is 31.1 Å². The largest absolute Gasteiger partial charge is 0.478 e. The number of rotatable bonds is 11. The highest BCUT2D eigenvalue weighted by Gasteiger charge is 2.26. The van der Waals surface area contributed by atoms with Crippen LogP contribution in [0.15, 0.2) is 72.8 Å². The molecular formula is C33H31ClN4O5. The third-order valence-electron chi connectivity index (χ3n) is 7.53. The highest BCUT2D eigenvalue weighted by molar-refractivity contribution is 6.33. The standard InChI is InChI=1S/C33H31ClN4O5/c1-20-2-11-26(14-27(20)32(40)41)43-33-35-29-15-28(34)30(36-31(29)37-33)25-9-7-24(8-10-25)23-5-3-21(4-6-23)16-38-17-22(18-38)19-42-13-12-39/h2-11,14-15,22,39H,12-13,16-19H2,1H3,(H,40,41)(H,35,36,37). The van der Waals surface area contributed by atoms with Gasteiger partial charge in [0.05, 0.1) is 41.6 Å². The number of halogens is 1. The van der Waals surface area contributed by atoms with Crippen LogP contribution in [0.1, 0.15) is 21.5 Å². The van der Waals surface area contributed by atoms with Crippen molar-refractivity contribution in [2.24, 2.45) is 5.92 Å². The van der Waals surface area contributed by atoms with Crippen molar-refractivity contribution in [2.45, 2.75) is 13.5 Å². The maximum absolute atomic E-state index is 11.5. The van der Waals surface area contributed by atoms with Crippen LogP contribution in [0.3, 0.4) is 0 Å². The van der Waals surface area contributed by atoms with E-state index in [-0.39, 0.29) is 18.2 Å². The SMILES string of the molecule is Cc1ccc(Oc2nc3nc(-c4ccc(-c5ccc(CN6CC(COCCO)C6)cc5)cc4)c(Cl)cc3[nH]2)cc1C(=O)O. The number of nitrogens with one attached hydrogen (secondary N) is 1. The molecule has 0 atom stereocenters.